The molecule has 24 heavy (non-hydrogen) atoms. The van der Waals surface area contributed by atoms with Crippen molar-refractivity contribution in [2.45, 2.75) is 24.6 Å². The number of phenols is 1. The zero-order chi connectivity index (χ0) is 17.3. The normalized spacial score (nSPS) is 10.7. The van der Waals surface area contributed by atoms with Crippen LogP contribution in [0.2, 0.25) is 0 Å². The Bertz CT molecular complexity index is 1030. The van der Waals surface area contributed by atoms with Gasteiger partial charge in [0.2, 0.25) is 0 Å². The van der Waals surface area contributed by atoms with E-state index in [-0.39, 0.29) is 5.75 Å². The minimum absolute atomic E-state index is 0.102. The van der Waals surface area contributed by atoms with Crippen LogP contribution in [0.5, 0.6) is 5.75 Å². The fourth-order valence-corrected chi connectivity index (χ4v) is 3.61. The Kier molecular flexibility index (Phi) is 4.28. The molecule has 120 valence electrons. The Morgan fingerprint density at radius 1 is 1.29 bits per heavy atom. The number of phenolic OH excluding ortho intramolecular Hbond substituents is 1. The number of hydrogen-bond donors (Lipinski definition) is 1. The smallest absolute Gasteiger partial charge is 0.336 e. The average molecular weight is 338 g/mol. The Labute approximate surface area is 142 Å². The molecule has 0 aliphatic heterocycles. The second-order valence-electron chi connectivity index (χ2n) is 5.43. The van der Waals surface area contributed by atoms with Crippen molar-refractivity contribution in [1.82, 2.24) is 4.98 Å². The van der Waals surface area contributed by atoms with Crippen molar-refractivity contribution in [2.75, 3.05) is 0 Å². The van der Waals surface area contributed by atoms with Crippen molar-refractivity contribution >= 4 is 22.7 Å². The minimum atomic E-state index is -0.447. The van der Waals surface area contributed by atoms with Crippen molar-refractivity contribution in [1.29, 1.82) is 5.26 Å². The first-order valence-corrected chi connectivity index (χ1v) is 8.23. The fraction of sp³-hybridized carbons (Fsp3) is 0.167. The van der Waals surface area contributed by atoms with Crippen molar-refractivity contribution in [3.63, 3.8) is 0 Å². The van der Waals surface area contributed by atoms with Crippen molar-refractivity contribution in [2.24, 2.45) is 0 Å². The van der Waals surface area contributed by atoms with Crippen LogP contribution in [-0.2, 0) is 5.75 Å². The van der Waals surface area contributed by atoms with E-state index in [1.54, 1.807) is 12.1 Å². The Hall–Kier alpha value is -2.78. The van der Waals surface area contributed by atoms with Crippen LogP contribution < -0.4 is 5.63 Å². The lowest BCUT2D eigenvalue weighted by Gasteiger charge is -2.09. The zero-order valence-electron chi connectivity index (χ0n) is 13.2. The van der Waals surface area contributed by atoms with Gasteiger partial charge in [-0.3, -0.25) is 0 Å². The van der Waals surface area contributed by atoms with E-state index >= 15 is 0 Å². The predicted molar refractivity (Wildman–Crippen MR) is 92.1 cm³/mol. The van der Waals surface area contributed by atoms with Gasteiger partial charge in [-0.15, -0.1) is 11.8 Å². The lowest BCUT2D eigenvalue weighted by molar-refractivity contribution is 0.475. The zero-order valence-corrected chi connectivity index (χ0v) is 14.0. The van der Waals surface area contributed by atoms with Gasteiger partial charge in [0.05, 0.1) is 5.56 Å². The predicted octanol–water partition coefficient (Wildman–Crippen LogP) is 3.67. The number of hydrogen-bond acceptors (Lipinski definition) is 6. The largest absolute Gasteiger partial charge is 0.508 e. The number of pyridine rings is 1. The molecule has 0 amide bonds. The molecule has 0 fully saturated rings. The fourth-order valence-electron chi connectivity index (χ4n) is 2.52. The van der Waals surface area contributed by atoms with Crippen LogP contribution in [0.15, 0.2) is 44.6 Å². The van der Waals surface area contributed by atoms with Gasteiger partial charge in [0, 0.05) is 22.9 Å². The molecular formula is C18H14N2O3S. The molecule has 2 aromatic heterocycles. The first-order chi connectivity index (χ1) is 11.5. The van der Waals surface area contributed by atoms with Gasteiger partial charge in [0.15, 0.2) is 0 Å². The minimum Gasteiger partial charge on any atom is -0.508 e. The molecule has 0 spiro atoms. The first-order valence-electron chi connectivity index (χ1n) is 7.25. The van der Waals surface area contributed by atoms with Crippen LogP contribution in [0.4, 0.5) is 0 Å². The Morgan fingerprint density at radius 2 is 2.08 bits per heavy atom. The first kappa shape index (κ1) is 16.1. The average Bonchev–Trinajstić information content (AvgIpc) is 2.52. The second-order valence-corrected chi connectivity index (χ2v) is 6.40. The summed E-state index contributed by atoms with van der Waals surface area (Å²) in [5.74, 6) is 0.542. The highest BCUT2D eigenvalue weighted by Crippen LogP contribution is 2.30. The molecule has 0 aliphatic carbocycles. The maximum absolute atomic E-state index is 11.7. The third-order valence-corrected chi connectivity index (χ3v) is 4.62. The molecule has 0 saturated heterocycles. The third kappa shape index (κ3) is 3.12. The lowest BCUT2D eigenvalue weighted by Crippen LogP contribution is -2.00. The van der Waals surface area contributed by atoms with E-state index < -0.39 is 5.63 Å². The van der Waals surface area contributed by atoms with Gasteiger partial charge in [0.25, 0.3) is 0 Å². The number of aryl methyl sites for hydroxylation is 2. The molecular weight excluding hydrogens is 324 g/mol. The molecule has 2 heterocycles. The summed E-state index contributed by atoms with van der Waals surface area (Å²) in [7, 11) is 0. The topological polar surface area (TPSA) is 87.1 Å². The summed E-state index contributed by atoms with van der Waals surface area (Å²) in [6.07, 6.45) is 0. The monoisotopic (exact) mass is 338 g/mol. The highest BCUT2D eigenvalue weighted by molar-refractivity contribution is 7.98. The number of nitriles is 1. The van der Waals surface area contributed by atoms with Gasteiger partial charge in [-0.25, -0.2) is 9.78 Å². The molecule has 0 aliphatic rings. The summed E-state index contributed by atoms with van der Waals surface area (Å²) in [6, 6.07) is 10.1. The molecule has 3 aromatic rings. The van der Waals surface area contributed by atoms with Crippen LogP contribution in [0.25, 0.3) is 11.0 Å². The van der Waals surface area contributed by atoms with Crippen LogP contribution in [0, 0.1) is 25.2 Å². The SMILES string of the molecule is Cc1cc(C)c(C#N)c(SCc2cc(=O)oc3ccc(O)cc23)n1. The van der Waals surface area contributed by atoms with E-state index in [2.05, 4.69) is 11.1 Å². The highest BCUT2D eigenvalue weighted by atomic mass is 32.2. The Morgan fingerprint density at radius 3 is 2.83 bits per heavy atom. The summed E-state index contributed by atoms with van der Waals surface area (Å²) in [5, 5.41) is 20.3. The molecule has 0 radical (unpaired) electrons. The molecule has 0 atom stereocenters. The maximum Gasteiger partial charge on any atom is 0.336 e. The Balaban J connectivity index is 2.02. The van der Waals surface area contributed by atoms with Crippen LogP contribution >= 0.6 is 11.8 Å². The molecule has 0 saturated carbocycles. The van der Waals surface area contributed by atoms with E-state index in [9.17, 15) is 15.2 Å². The van der Waals surface area contributed by atoms with Crippen LogP contribution in [-0.4, -0.2) is 10.1 Å². The van der Waals surface area contributed by atoms with Crippen molar-refractivity contribution in [3.05, 3.63) is 63.1 Å². The molecule has 1 N–H and O–H groups in total. The number of thioether (sulfide) groups is 1. The van der Waals surface area contributed by atoms with Crippen LogP contribution in [0.3, 0.4) is 0 Å². The van der Waals surface area contributed by atoms with E-state index in [1.165, 1.54) is 23.9 Å². The van der Waals surface area contributed by atoms with E-state index in [0.717, 1.165) is 16.8 Å². The molecule has 6 heteroatoms. The molecule has 3 rings (SSSR count). The number of aromatic hydroxyl groups is 1. The van der Waals surface area contributed by atoms with Gasteiger partial charge in [-0.05, 0) is 49.2 Å². The van der Waals surface area contributed by atoms with E-state index in [0.29, 0.717) is 27.3 Å². The highest BCUT2D eigenvalue weighted by Gasteiger charge is 2.12. The molecule has 0 unspecified atom stereocenters. The summed E-state index contributed by atoms with van der Waals surface area (Å²) in [4.78, 5) is 16.2. The number of benzene rings is 1. The maximum atomic E-state index is 11.7. The number of fused-ring (bicyclic) bond motifs is 1. The van der Waals surface area contributed by atoms with Crippen LogP contribution in [0.1, 0.15) is 22.4 Å². The van der Waals surface area contributed by atoms with Gasteiger partial charge < -0.3 is 9.52 Å². The summed E-state index contributed by atoms with van der Waals surface area (Å²) < 4.78 is 5.15. The van der Waals surface area contributed by atoms with Crippen molar-refractivity contribution in [3.8, 4) is 11.8 Å². The van der Waals surface area contributed by atoms with Gasteiger partial charge in [-0.1, -0.05) is 0 Å². The van der Waals surface area contributed by atoms with E-state index in [1.807, 2.05) is 19.9 Å². The quantitative estimate of drug-likeness (QED) is 0.579. The number of rotatable bonds is 3. The molecule has 5 nitrogen and oxygen atoms in total. The standard InChI is InChI=1S/C18H14N2O3S/c1-10-5-11(2)20-18(15(10)8-19)24-9-12-6-17(22)23-16-4-3-13(21)7-14(12)16/h3-7,21H,9H2,1-2H3. The third-order valence-electron chi connectivity index (χ3n) is 3.60. The molecule has 0 bridgehead atoms. The summed E-state index contributed by atoms with van der Waals surface area (Å²) >= 11 is 1.39. The van der Waals surface area contributed by atoms with Gasteiger partial charge in [0.1, 0.15) is 22.4 Å². The second kappa shape index (κ2) is 6.38. The van der Waals surface area contributed by atoms with E-state index in [4.69, 9.17) is 4.42 Å². The summed E-state index contributed by atoms with van der Waals surface area (Å²) in [6.45, 7) is 3.75. The number of aromatic nitrogens is 1. The molecule has 1 aromatic carbocycles. The van der Waals surface area contributed by atoms with Gasteiger partial charge >= 0.3 is 5.63 Å². The van der Waals surface area contributed by atoms with Crippen molar-refractivity contribution < 1.29 is 9.52 Å². The van der Waals surface area contributed by atoms with Gasteiger partial charge in [-0.2, -0.15) is 5.26 Å². The lowest BCUT2D eigenvalue weighted by atomic mass is 10.1. The summed E-state index contributed by atoms with van der Waals surface area (Å²) in [5.41, 5.74) is 2.96. The number of nitrogens with zero attached hydrogens (tertiary/aromatic N) is 2.